The summed E-state index contributed by atoms with van der Waals surface area (Å²) in [5, 5.41) is 0. The maximum atomic E-state index is 12.9. The van der Waals surface area contributed by atoms with Crippen molar-refractivity contribution < 1.29 is 23.8 Å². The van der Waals surface area contributed by atoms with Crippen LogP contribution in [0, 0.1) is 6.92 Å². The van der Waals surface area contributed by atoms with E-state index in [9.17, 15) is 9.59 Å². The number of ketones is 2. The summed E-state index contributed by atoms with van der Waals surface area (Å²) in [4.78, 5) is 25.7. The third-order valence-electron chi connectivity index (χ3n) is 3.97. The van der Waals surface area contributed by atoms with Gasteiger partial charge in [-0.05, 0) is 19.1 Å². The van der Waals surface area contributed by atoms with Crippen LogP contribution >= 0.6 is 0 Å². The normalized spacial score (nSPS) is 12.5. The molecule has 0 bridgehead atoms. The Morgan fingerprint density at radius 2 is 1.43 bits per heavy atom. The molecule has 5 nitrogen and oxygen atoms in total. The summed E-state index contributed by atoms with van der Waals surface area (Å²) in [6.07, 6.45) is 0. The number of benzene rings is 2. The lowest BCUT2D eigenvalue weighted by Gasteiger charge is -2.22. The molecule has 0 heterocycles. The fourth-order valence-corrected chi connectivity index (χ4v) is 2.88. The summed E-state index contributed by atoms with van der Waals surface area (Å²) >= 11 is 0. The first-order chi connectivity index (χ1) is 11.0. The number of carbonyl (C=O) groups excluding carboxylic acids is 2. The second-order valence-corrected chi connectivity index (χ2v) is 5.28. The van der Waals surface area contributed by atoms with Crippen LogP contribution in [0.15, 0.2) is 24.3 Å². The van der Waals surface area contributed by atoms with Gasteiger partial charge in [-0.2, -0.15) is 0 Å². The van der Waals surface area contributed by atoms with E-state index < -0.39 is 0 Å². The van der Waals surface area contributed by atoms with Crippen LogP contribution in [0.5, 0.6) is 17.2 Å². The molecule has 2 aromatic carbocycles. The van der Waals surface area contributed by atoms with Gasteiger partial charge >= 0.3 is 0 Å². The number of methoxy groups -OCH3 is 3. The molecule has 0 spiro atoms. The van der Waals surface area contributed by atoms with Gasteiger partial charge in [0.1, 0.15) is 0 Å². The van der Waals surface area contributed by atoms with Crippen molar-refractivity contribution in [2.45, 2.75) is 6.92 Å². The predicted molar refractivity (Wildman–Crippen MR) is 84.1 cm³/mol. The highest BCUT2D eigenvalue weighted by atomic mass is 16.5. The molecule has 0 radical (unpaired) electrons. The number of rotatable bonds is 3. The van der Waals surface area contributed by atoms with Gasteiger partial charge in [0.05, 0.1) is 26.9 Å². The lowest BCUT2D eigenvalue weighted by atomic mass is 9.82. The number of carbonyl (C=O) groups is 2. The van der Waals surface area contributed by atoms with Gasteiger partial charge in [-0.15, -0.1) is 0 Å². The molecule has 0 atom stereocenters. The van der Waals surface area contributed by atoms with Crippen molar-refractivity contribution in [3.8, 4) is 17.2 Å². The van der Waals surface area contributed by atoms with Gasteiger partial charge in [-0.3, -0.25) is 9.59 Å². The number of fused-ring (bicyclic) bond motifs is 2. The summed E-state index contributed by atoms with van der Waals surface area (Å²) < 4.78 is 15.9. The zero-order valence-electron chi connectivity index (χ0n) is 13.4. The largest absolute Gasteiger partial charge is 0.493 e. The van der Waals surface area contributed by atoms with Crippen LogP contribution in [0.3, 0.4) is 0 Å². The molecule has 0 aromatic heterocycles. The minimum atomic E-state index is -0.254. The quantitative estimate of drug-likeness (QED) is 0.744. The highest BCUT2D eigenvalue weighted by molar-refractivity contribution is 6.29. The Kier molecular flexibility index (Phi) is 3.56. The minimum Gasteiger partial charge on any atom is -0.493 e. The van der Waals surface area contributed by atoms with Crippen molar-refractivity contribution in [2.75, 3.05) is 21.3 Å². The zero-order valence-corrected chi connectivity index (χ0v) is 13.4. The lowest BCUT2D eigenvalue weighted by Crippen LogP contribution is -2.22. The monoisotopic (exact) mass is 312 g/mol. The number of ether oxygens (including phenoxy) is 3. The van der Waals surface area contributed by atoms with E-state index in [1.807, 2.05) is 13.0 Å². The number of hydrogen-bond acceptors (Lipinski definition) is 5. The van der Waals surface area contributed by atoms with Crippen LogP contribution in [0.2, 0.25) is 0 Å². The van der Waals surface area contributed by atoms with Crippen molar-refractivity contribution in [1.29, 1.82) is 0 Å². The minimum absolute atomic E-state index is 0.215. The summed E-state index contributed by atoms with van der Waals surface area (Å²) in [5.41, 5.74) is 2.16. The van der Waals surface area contributed by atoms with Crippen LogP contribution in [0.1, 0.15) is 37.4 Å². The molecule has 118 valence electrons. The summed E-state index contributed by atoms with van der Waals surface area (Å²) in [7, 11) is 4.36. The van der Waals surface area contributed by atoms with E-state index in [0.717, 1.165) is 5.56 Å². The Balaban J connectivity index is 2.37. The second-order valence-electron chi connectivity index (χ2n) is 5.28. The SMILES string of the molecule is COc1cc2c(c(OC)c1OC)C(=O)c1cc(C)ccc1C2=O. The summed E-state index contributed by atoms with van der Waals surface area (Å²) in [6, 6.07) is 6.73. The van der Waals surface area contributed by atoms with E-state index in [1.165, 1.54) is 27.4 Å². The molecule has 23 heavy (non-hydrogen) atoms. The highest BCUT2D eigenvalue weighted by Gasteiger charge is 2.35. The molecule has 0 fully saturated rings. The Labute approximate surface area is 133 Å². The molecule has 2 aromatic rings. The topological polar surface area (TPSA) is 61.8 Å². The average Bonchev–Trinajstić information content (AvgIpc) is 2.57. The van der Waals surface area contributed by atoms with Crippen LogP contribution in [-0.2, 0) is 0 Å². The van der Waals surface area contributed by atoms with Crippen molar-refractivity contribution in [3.63, 3.8) is 0 Å². The molecule has 0 N–H and O–H groups in total. The zero-order chi connectivity index (χ0) is 16.7. The molecule has 5 heteroatoms. The van der Waals surface area contributed by atoms with Gasteiger partial charge in [-0.1, -0.05) is 17.7 Å². The number of aryl methyl sites for hydroxylation is 1. The molecule has 3 rings (SSSR count). The van der Waals surface area contributed by atoms with Crippen molar-refractivity contribution in [1.82, 2.24) is 0 Å². The molecule has 1 aliphatic carbocycles. The molecule has 0 aliphatic heterocycles. The first kappa shape index (κ1) is 15.1. The van der Waals surface area contributed by atoms with Crippen LogP contribution in [0.4, 0.5) is 0 Å². The Morgan fingerprint density at radius 1 is 0.739 bits per heavy atom. The van der Waals surface area contributed by atoms with Crippen molar-refractivity contribution >= 4 is 11.6 Å². The van der Waals surface area contributed by atoms with Crippen LogP contribution < -0.4 is 14.2 Å². The molecule has 0 saturated heterocycles. The van der Waals surface area contributed by atoms with Gasteiger partial charge in [-0.25, -0.2) is 0 Å². The van der Waals surface area contributed by atoms with Crippen LogP contribution in [0.25, 0.3) is 0 Å². The van der Waals surface area contributed by atoms with E-state index in [2.05, 4.69) is 0 Å². The van der Waals surface area contributed by atoms with E-state index in [0.29, 0.717) is 22.6 Å². The first-order valence-corrected chi connectivity index (χ1v) is 7.06. The fraction of sp³-hybridized carbons (Fsp3) is 0.222. The maximum Gasteiger partial charge on any atom is 0.204 e. The second kappa shape index (κ2) is 5.43. The van der Waals surface area contributed by atoms with Gasteiger partial charge in [0.15, 0.2) is 23.1 Å². The molecular formula is C18H16O5. The third kappa shape index (κ3) is 2.08. The van der Waals surface area contributed by atoms with Gasteiger partial charge < -0.3 is 14.2 Å². The molecule has 0 amide bonds. The highest BCUT2D eigenvalue weighted by Crippen LogP contribution is 2.45. The van der Waals surface area contributed by atoms with Crippen LogP contribution in [-0.4, -0.2) is 32.9 Å². The summed E-state index contributed by atoms with van der Waals surface area (Å²) in [5.74, 6) is 0.378. The van der Waals surface area contributed by atoms with E-state index in [-0.39, 0.29) is 28.4 Å². The molecule has 0 unspecified atom stereocenters. The maximum absolute atomic E-state index is 12.9. The van der Waals surface area contributed by atoms with Crippen molar-refractivity contribution in [3.05, 3.63) is 52.1 Å². The van der Waals surface area contributed by atoms with E-state index in [1.54, 1.807) is 12.1 Å². The third-order valence-corrected chi connectivity index (χ3v) is 3.97. The number of hydrogen-bond donors (Lipinski definition) is 0. The predicted octanol–water partition coefficient (Wildman–Crippen LogP) is 2.80. The Bertz CT molecular complexity index is 836. The Morgan fingerprint density at radius 3 is 2.04 bits per heavy atom. The molecule has 1 aliphatic rings. The van der Waals surface area contributed by atoms with E-state index in [4.69, 9.17) is 14.2 Å². The lowest BCUT2D eigenvalue weighted by molar-refractivity contribution is 0.0975. The molecular weight excluding hydrogens is 296 g/mol. The standard InChI is InChI=1S/C18H16O5/c1-9-5-6-10-11(7-9)16(20)14-12(15(10)19)8-13(21-2)17(22-3)18(14)23-4/h5-8H,1-4H3. The summed E-state index contributed by atoms with van der Waals surface area (Å²) in [6.45, 7) is 1.87. The van der Waals surface area contributed by atoms with Gasteiger partial charge in [0.25, 0.3) is 0 Å². The average molecular weight is 312 g/mol. The molecule has 0 saturated carbocycles. The van der Waals surface area contributed by atoms with Gasteiger partial charge in [0.2, 0.25) is 5.75 Å². The van der Waals surface area contributed by atoms with E-state index >= 15 is 0 Å². The fourth-order valence-electron chi connectivity index (χ4n) is 2.88. The smallest absolute Gasteiger partial charge is 0.204 e. The van der Waals surface area contributed by atoms with Crippen molar-refractivity contribution in [2.24, 2.45) is 0 Å². The first-order valence-electron chi connectivity index (χ1n) is 7.06. The Hall–Kier alpha value is -2.82. The van der Waals surface area contributed by atoms with Gasteiger partial charge in [0, 0.05) is 16.7 Å².